The molecule has 2 N–H and O–H groups in total. The van der Waals surface area contributed by atoms with Crippen molar-refractivity contribution < 1.29 is 28.2 Å². The summed E-state index contributed by atoms with van der Waals surface area (Å²) in [6, 6.07) is 5.29. The maximum atomic E-state index is 12.8. The normalized spacial score (nSPS) is 24.7. The molecular formula is C16H23NO6S. The summed E-state index contributed by atoms with van der Waals surface area (Å²) in [5.74, 6) is -1.18. The summed E-state index contributed by atoms with van der Waals surface area (Å²) in [6.45, 7) is 3.97. The fraction of sp³-hybridized carbons (Fsp3) is 0.562. The van der Waals surface area contributed by atoms with Crippen LogP contribution in [0.15, 0.2) is 29.2 Å². The van der Waals surface area contributed by atoms with Crippen LogP contribution in [0.25, 0.3) is 0 Å². The number of ether oxygens (including phenoxy) is 1. The number of benzene rings is 1. The molecule has 0 aliphatic carbocycles. The molecule has 0 radical (unpaired) electrons. The molecular weight excluding hydrogens is 334 g/mol. The lowest BCUT2D eigenvalue weighted by atomic mass is 9.71. The van der Waals surface area contributed by atoms with Crippen LogP contribution in [0.5, 0.6) is 0 Å². The van der Waals surface area contributed by atoms with Crippen molar-refractivity contribution in [1.82, 2.24) is 4.31 Å². The van der Waals surface area contributed by atoms with Crippen LogP contribution < -0.4 is 0 Å². The zero-order valence-corrected chi connectivity index (χ0v) is 14.8. The van der Waals surface area contributed by atoms with Crippen molar-refractivity contribution >= 4 is 16.0 Å². The van der Waals surface area contributed by atoms with E-state index in [1.165, 1.54) is 29.6 Å². The van der Waals surface area contributed by atoms with Crippen LogP contribution in [0.4, 0.5) is 0 Å². The maximum Gasteiger partial charge on any atom is 0.335 e. The van der Waals surface area contributed by atoms with Crippen molar-refractivity contribution in [3.63, 3.8) is 0 Å². The number of carboxylic acid groups (broad SMARTS) is 1. The minimum absolute atomic E-state index is 0.0598. The van der Waals surface area contributed by atoms with E-state index in [9.17, 15) is 18.3 Å². The lowest BCUT2D eigenvalue weighted by Gasteiger charge is -2.49. The molecule has 1 saturated heterocycles. The molecule has 1 heterocycles. The van der Waals surface area contributed by atoms with Gasteiger partial charge in [-0.1, -0.05) is 19.9 Å². The number of carbonyl (C=O) groups is 1. The van der Waals surface area contributed by atoms with Gasteiger partial charge in [0.05, 0.1) is 22.7 Å². The van der Waals surface area contributed by atoms with E-state index in [-0.39, 0.29) is 36.6 Å². The van der Waals surface area contributed by atoms with E-state index in [1.54, 1.807) is 13.8 Å². The molecule has 2 rings (SSSR count). The summed E-state index contributed by atoms with van der Waals surface area (Å²) < 4.78 is 32.1. The molecule has 1 aromatic carbocycles. The first-order chi connectivity index (χ1) is 11.0. The summed E-state index contributed by atoms with van der Waals surface area (Å²) in [4.78, 5) is 11.0. The summed E-state index contributed by atoms with van der Waals surface area (Å²) in [5, 5.41) is 19.8. The van der Waals surface area contributed by atoms with E-state index in [1.807, 2.05) is 0 Å². The molecule has 0 amide bonds. The van der Waals surface area contributed by atoms with Gasteiger partial charge in [0.1, 0.15) is 0 Å². The standard InChI is InChI=1S/C16H23NO6S/c1-15(2)10-17(8-7-16(15,20)11-23-3)24(21,22)13-6-4-5-12(9-13)14(18)19/h4-6,9,20H,7-8,10-11H2,1-3H3,(H,18,19)/t16-/m1/s1. The van der Waals surface area contributed by atoms with Gasteiger partial charge >= 0.3 is 5.97 Å². The highest BCUT2D eigenvalue weighted by Crippen LogP contribution is 2.40. The summed E-state index contributed by atoms with van der Waals surface area (Å²) in [6.07, 6.45) is 0.242. The molecule has 24 heavy (non-hydrogen) atoms. The predicted molar refractivity (Wildman–Crippen MR) is 87.4 cm³/mol. The Morgan fingerprint density at radius 1 is 1.38 bits per heavy atom. The van der Waals surface area contributed by atoms with Crippen molar-refractivity contribution in [1.29, 1.82) is 0 Å². The fourth-order valence-corrected chi connectivity index (χ4v) is 4.61. The molecule has 0 spiro atoms. The molecule has 0 aromatic heterocycles. The average molecular weight is 357 g/mol. The molecule has 0 unspecified atom stereocenters. The Bertz CT molecular complexity index is 730. The van der Waals surface area contributed by atoms with Crippen molar-refractivity contribution in [2.75, 3.05) is 26.8 Å². The number of piperidine rings is 1. The predicted octanol–water partition coefficient (Wildman–Crippen LogP) is 1.18. The minimum atomic E-state index is -3.84. The average Bonchev–Trinajstić information content (AvgIpc) is 2.50. The van der Waals surface area contributed by atoms with Crippen LogP contribution in [-0.4, -0.2) is 61.3 Å². The Morgan fingerprint density at radius 3 is 2.58 bits per heavy atom. The van der Waals surface area contributed by atoms with Crippen molar-refractivity contribution in [3.8, 4) is 0 Å². The molecule has 1 aromatic rings. The highest BCUT2D eigenvalue weighted by molar-refractivity contribution is 7.89. The van der Waals surface area contributed by atoms with Gasteiger partial charge in [-0.3, -0.25) is 0 Å². The van der Waals surface area contributed by atoms with Gasteiger partial charge in [-0.05, 0) is 24.6 Å². The van der Waals surface area contributed by atoms with Crippen LogP contribution in [0, 0.1) is 5.41 Å². The van der Waals surface area contributed by atoms with Gasteiger partial charge in [0, 0.05) is 25.6 Å². The molecule has 1 fully saturated rings. The van der Waals surface area contributed by atoms with Crippen LogP contribution in [0.1, 0.15) is 30.6 Å². The summed E-state index contributed by atoms with van der Waals surface area (Å²) >= 11 is 0. The van der Waals surface area contributed by atoms with Crippen LogP contribution >= 0.6 is 0 Å². The second kappa shape index (κ2) is 6.44. The third-order valence-electron chi connectivity index (χ3n) is 4.71. The maximum absolute atomic E-state index is 12.8. The zero-order chi connectivity index (χ0) is 18.2. The number of aliphatic hydroxyl groups is 1. The quantitative estimate of drug-likeness (QED) is 0.820. The molecule has 0 saturated carbocycles. The highest BCUT2D eigenvalue weighted by atomic mass is 32.2. The fourth-order valence-electron chi connectivity index (χ4n) is 2.97. The smallest absolute Gasteiger partial charge is 0.335 e. The third-order valence-corrected chi connectivity index (χ3v) is 6.55. The van der Waals surface area contributed by atoms with Gasteiger partial charge in [0.2, 0.25) is 10.0 Å². The third kappa shape index (κ3) is 3.32. The van der Waals surface area contributed by atoms with E-state index >= 15 is 0 Å². The number of hydrogen-bond donors (Lipinski definition) is 2. The Balaban J connectivity index is 2.32. The molecule has 134 valence electrons. The molecule has 8 heteroatoms. The number of methoxy groups -OCH3 is 1. The number of aromatic carboxylic acids is 1. The minimum Gasteiger partial charge on any atom is -0.478 e. The number of hydrogen-bond acceptors (Lipinski definition) is 5. The van der Waals surface area contributed by atoms with E-state index in [0.29, 0.717) is 0 Å². The molecule has 1 atom stereocenters. The first-order valence-electron chi connectivity index (χ1n) is 7.58. The topological polar surface area (TPSA) is 104 Å². The Kier molecular flexibility index (Phi) is 5.06. The highest BCUT2D eigenvalue weighted by Gasteiger charge is 2.50. The van der Waals surface area contributed by atoms with Gasteiger partial charge in [-0.2, -0.15) is 4.31 Å². The van der Waals surface area contributed by atoms with Crippen LogP contribution in [-0.2, 0) is 14.8 Å². The van der Waals surface area contributed by atoms with Crippen LogP contribution in [0.2, 0.25) is 0 Å². The van der Waals surface area contributed by atoms with Crippen molar-refractivity contribution in [2.45, 2.75) is 30.8 Å². The van der Waals surface area contributed by atoms with Crippen LogP contribution in [0.3, 0.4) is 0 Å². The van der Waals surface area contributed by atoms with E-state index in [0.717, 1.165) is 6.07 Å². The SMILES string of the molecule is COC[C@]1(O)CCN(S(=O)(=O)c2cccc(C(=O)O)c2)CC1(C)C. The largest absolute Gasteiger partial charge is 0.478 e. The number of sulfonamides is 1. The van der Waals surface area contributed by atoms with Gasteiger partial charge in [-0.25, -0.2) is 13.2 Å². The van der Waals surface area contributed by atoms with Gasteiger partial charge in [0.25, 0.3) is 0 Å². The Labute approximate surface area is 141 Å². The number of nitrogens with zero attached hydrogens (tertiary/aromatic N) is 1. The lowest BCUT2D eigenvalue weighted by Crippen LogP contribution is -2.60. The Morgan fingerprint density at radius 2 is 2.04 bits per heavy atom. The molecule has 1 aliphatic heterocycles. The lowest BCUT2D eigenvalue weighted by molar-refractivity contribution is -0.139. The Hall–Kier alpha value is -1.48. The molecule has 7 nitrogen and oxygen atoms in total. The van der Waals surface area contributed by atoms with Gasteiger partial charge < -0.3 is 14.9 Å². The monoisotopic (exact) mass is 357 g/mol. The molecule has 0 bridgehead atoms. The van der Waals surface area contributed by atoms with E-state index in [4.69, 9.17) is 9.84 Å². The zero-order valence-electron chi connectivity index (χ0n) is 14.0. The summed E-state index contributed by atoms with van der Waals surface area (Å²) in [5.41, 5.74) is -1.90. The second-order valence-electron chi connectivity index (χ2n) is 6.77. The number of carboxylic acids is 1. The molecule has 1 aliphatic rings. The van der Waals surface area contributed by atoms with E-state index < -0.39 is 27.0 Å². The first kappa shape index (κ1) is 18.9. The first-order valence-corrected chi connectivity index (χ1v) is 9.02. The van der Waals surface area contributed by atoms with Gasteiger partial charge in [-0.15, -0.1) is 0 Å². The summed E-state index contributed by atoms with van der Waals surface area (Å²) in [7, 11) is -2.34. The van der Waals surface area contributed by atoms with Crippen molar-refractivity contribution in [3.05, 3.63) is 29.8 Å². The van der Waals surface area contributed by atoms with Gasteiger partial charge in [0.15, 0.2) is 0 Å². The van der Waals surface area contributed by atoms with Crippen molar-refractivity contribution in [2.24, 2.45) is 5.41 Å². The van der Waals surface area contributed by atoms with E-state index in [2.05, 4.69) is 0 Å². The second-order valence-corrected chi connectivity index (χ2v) is 8.71. The number of rotatable bonds is 5.